The second-order valence-corrected chi connectivity index (χ2v) is 5.30. The number of halogens is 3. The van der Waals surface area contributed by atoms with Crippen molar-refractivity contribution in [2.75, 3.05) is 5.32 Å². The van der Waals surface area contributed by atoms with Crippen molar-refractivity contribution in [2.45, 2.75) is 12.8 Å². The second kappa shape index (κ2) is 6.48. The summed E-state index contributed by atoms with van der Waals surface area (Å²) >= 11 is 5.09. The summed E-state index contributed by atoms with van der Waals surface area (Å²) in [5.74, 6) is 0.353. The van der Waals surface area contributed by atoms with Gasteiger partial charge in [-0.25, -0.2) is 4.68 Å². The minimum Gasteiger partial charge on any atom is -0.409 e. The quantitative estimate of drug-likeness (QED) is 0.675. The van der Waals surface area contributed by atoms with Gasteiger partial charge in [0, 0.05) is 11.3 Å². The van der Waals surface area contributed by atoms with Crippen LogP contribution in [0, 0.1) is 4.84 Å². The van der Waals surface area contributed by atoms with Gasteiger partial charge in [0.25, 0.3) is 4.84 Å². The molecule has 3 rings (SSSR count). The Labute approximate surface area is 140 Å². The summed E-state index contributed by atoms with van der Waals surface area (Å²) in [5.41, 5.74) is 0.360. The van der Waals surface area contributed by atoms with E-state index in [1.165, 1.54) is 16.8 Å². The Hall–Kier alpha value is -2.61. The molecular formula is C16H12F3N3OS. The molecule has 2 aromatic carbocycles. The van der Waals surface area contributed by atoms with Gasteiger partial charge in [0.15, 0.2) is 0 Å². The van der Waals surface area contributed by atoms with Crippen molar-refractivity contribution in [3.63, 3.8) is 0 Å². The normalized spacial score (nSPS) is 11.5. The fraction of sp³-hybridized carbons (Fsp3) is 0.125. The third-order valence-electron chi connectivity index (χ3n) is 3.25. The number of nitrogens with one attached hydrogen (secondary N) is 1. The predicted molar refractivity (Wildman–Crippen MR) is 85.8 cm³/mol. The molecule has 0 saturated heterocycles. The van der Waals surface area contributed by atoms with Gasteiger partial charge in [0.2, 0.25) is 5.89 Å². The standard InChI is InChI=1S/C16H12F3N3OS/c17-16(18,19)12-7-4-8-13(9-12)20-10-22-15(24)23-14(21-22)11-5-2-1-3-6-11/h1-9,20H,10H2. The van der Waals surface area contributed by atoms with E-state index in [1.54, 1.807) is 0 Å². The molecule has 1 heterocycles. The molecule has 0 spiro atoms. The Morgan fingerprint density at radius 1 is 1.08 bits per heavy atom. The topological polar surface area (TPSA) is 43.0 Å². The molecule has 0 atom stereocenters. The summed E-state index contributed by atoms with van der Waals surface area (Å²) in [6, 6.07) is 14.1. The predicted octanol–water partition coefficient (Wildman–Crippen LogP) is 4.96. The summed E-state index contributed by atoms with van der Waals surface area (Å²) in [4.78, 5) is 0.133. The molecule has 0 unspecified atom stereocenters. The molecule has 0 fully saturated rings. The SMILES string of the molecule is FC(F)(F)c1cccc(NCn2nc(-c3ccccc3)oc2=S)c1. The van der Waals surface area contributed by atoms with Crippen molar-refractivity contribution in [3.05, 3.63) is 65.0 Å². The van der Waals surface area contributed by atoms with Gasteiger partial charge < -0.3 is 9.73 Å². The molecule has 0 aliphatic rings. The monoisotopic (exact) mass is 351 g/mol. The van der Waals surface area contributed by atoms with Gasteiger partial charge in [-0.1, -0.05) is 24.3 Å². The highest BCUT2D eigenvalue weighted by molar-refractivity contribution is 7.71. The van der Waals surface area contributed by atoms with Crippen LogP contribution in [0.15, 0.2) is 59.0 Å². The number of nitrogens with zero attached hydrogens (tertiary/aromatic N) is 2. The molecule has 3 aromatic rings. The number of rotatable bonds is 4. The number of hydrogen-bond donors (Lipinski definition) is 1. The van der Waals surface area contributed by atoms with Crippen molar-refractivity contribution >= 4 is 17.9 Å². The molecule has 1 N–H and O–H groups in total. The van der Waals surface area contributed by atoms with Crippen LogP contribution in [-0.2, 0) is 12.8 Å². The van der Waals surface area contributed by atoms with E-state index in [0.29, 0.717) is 11.6 Å². The fourth-order valence-electron chi connectivity index (χ4n) is 2.08. The van der Waals surface area contributed by atoms with E-state index in [2.05, 4.69) is 10.4 Å². The highest BCUT2D eigenvalue weighted by Gasteiger charge is 2.30. The lowest BCUT2D eigenvalue weighted by atomic mass is 10.2. The van der Waals surface area contributed by atoms with Crippen molar-refractivity contribution in [2.24, 2.45) is 0 Å². The van der Waals surface area contributed by atoms with Gasteiger partial charge in [-0.05, 0) is 42.5 Å². The average Bonchev–Trinajstić information content (AvgIpc) is 2.94. The first-order chi connectivity index (χ1) is 11.4. The van der Waals surface area contributed by atoms with Crippen LogP contribution in [0.1, 0.15) is 5.56 Å². The van der Waals surface area contributed by atoms with Crippen molar-refractivity contribution in [1.82, 2.24) is 9.78 Å². The molecule has 1 aromatic heterocycles. The Bertz CT molecular complexity index is 887. The summed E-state index contributed by atoms with van der Waals surface area (Å²) in [5, 5.41) is 7.08. The Kier molecular flexibility index (Phi) is 4.39. The summed E-state index contributed by atoms with van der Waals surface area (Å²) < 4.78 is 44.9. The van der Waals surface area contributed by atoms with Crippen LogP contribution in [-0.4, -0.2) is 9.78 Å². The molecular weight excluding hydrogens is 339 g/mol. The van der Waals surface area contributed by atoms with Gasteiger partial charge in [0.05, 0.1) is 5.56 Å². The number of aromatic nitrogens is 2. The molecule has 0 radical (unpaired) electrons. The van der Waals surface area contributed by atoms with Crippen molar-refractivity contribution in [1.29, 1.82) is 0 Å². The van der Waals surface area contributed by atoms with Crippen LogP contribution in [0.2, 0.25) is 0 Å². The zero-order chi connectivity index (χ0) is 17.2. The lowest BCUT2D eigenvalue weighted by Gasteiger charge is -2.10. The number of alkyl halides is 3. The maximum Gasteiger partial charge on any atom is 0.416 e. The Morgan fingerprint density at radius 3 is 2.54 bits per heavy atom. The molecule has 0 aliphatic heterocycles. The molecule has 0 saturated carbocycles. The van der Waals surface area contributed by atoms with E-state index in [0.717, 1.165) is 17.7 Å². The first-order valence-electron chi connectivity index (χ1n) is 6.98. The van der Waals surface area contributed by atoms with Gasteiger partial charge in [0.1, 0.15) is 6.67 Å². The van der Waals surface area contributed by atoms with Crippen LogP contribution < -0.4 is 5.32 Å². The molecule has 124 valence electrons. The largest absolute Gasteiger partial charge is 0.416 e. The molecule has 24 heavy (non-hydrogen) atoms. The minimum atomic E-state index is -4.39. The smallest absolute Gasteiger partial charge is 0.409 e. The first kappa shape index (κ1) is 16.3. The Morgan fingerprint density at radius 2 is 1.83 bits per heavy atom. The van der Waals surface area contributed by atoms with Crippen molar-refractivity contribution in [3.8, 4) is 11.5 Å². The van der Waals surface area contributed by atoms with Crippen LogP contribution in [0.3, 0.4) is 0 Å². The number of hydrogen-bond acceptors (Lipinski definition) is 4. The zero-order valence-electron chi connectivity index (χ0n) is 12.2. The van der Waals surface area contributed by atoms with Crippen LogP contribution >= 0.6 is 12.2 Å². The summed E-state index contributed by atoms with van der Waals surface area (Å²) in [7, 11) is 0. The van der Waals surface area contributed by atoms with Gasteiger partial charge in [-0.3, -0.25) is 0 Å². The van der Waals surface area contributed by atoms with Crippen molar-refractivity contribution < 1.29 is 17.6 Å². The lowest BCUT2D eigenvalue weighted by Crippen LogP contribution is -2.11. The van der Waals surface area contributed by atoms with Gasteiger partial charge >= 0.3 is 6.18 Å². The van der Waals surface area contributed by atoms with Crippen LogP contribution in [0.5, 0.6) is 0 Å². The summed E-state index contributed by atoms with van der Waals surface area (Å²) in [6.07, 6.45) is -4.39. The number of benzene rings is 2. The average molecular weight is 351 g/mol. The van der Waals surface area contributed by atoms with Crippen LogP contribution in [0.25, 0.3) is 11.5 Å². The van der Waals surface area contributed by atoms with E-state index in [9.17, 15) is 13.2 Å². The Balaban J connectivity index is 1.76. The third-order valence-corrected chi connectivity index (χ3v) is 3.54. The lowest BCUT2D eigenvalue weighted by molar-refractivity contribution is -0.137. The highest BCUT2D eigenvalue weighted by atomic mass is 32.1. The number of anilines is 1. The molecule has 8 heteroatoms. The highest BCUT2D eigenvalue weighted by Crippen LogP contribution is 2.30. The maximum atomic E-state index is 12.7. The van der Waals surface area contributed by atoms with Gasteiger partial charge in [-0.2, -0.15) is 13.2 Å². The van der Waals surface area contributed by atoms with Gasteiger partial charge in [-0.15, -0.1) is 5.10 Å². The van der Waals surface area contributed by atoms with E-state index in [1.807, 2.05) is 30.3 Å². The first-order valence-corrected chi connectivity index (χ1v) is 7.39. The summed E-state index contributed by atoms with van der Waals surface area (Å²) in [6.45, 7) is 0.0937. The maximum absolute atomic E-state index is 12.7. The van der Waals surface area contributed by atoms with Crippen LogP contribution in [0.4, 0.5) is 18.9 Å². The molecule has 0 bridgehead atoms. The van der Waals surface area contributed by atoms with E-state index < -0.39 is 11.7 Å². The van der Waals surface area contributed by atoms with E-state index >= 15 is 0 Å². The minimum absolute atomic E-state index is 0.0937. The van der Waals surface area contributed by atoms with E-state index in [-0.39, 0.29) is 11.5 Å². The molecule has 0 aliphatic carbocycles. The zero-order valence-corrected chi connectivity index (χ0v) is 13.1. The second-order valence-electron chi connectivity index (χ2n) is 4.95. The third kappa shape index (κ3) is 3.65. The molecule has 0 amide bonds. The molecule has 4 nitrogen and oxygen atoms in total. The van der Waals surface area contributed by atoms with E-state index in [4.69, 9.17) is 16.6 Å². The fourth-order valence-corrected chi connectivity index (χ4v) is 2.26.